The SMILES string of the molecule is O=c1n(-c2ccccc2)c2cc(Cl)ccc2c2nnc(Cl)n12. The summed E-state index contributed by atoms with van der Waals surface area (Å²) in [5, 5.41) is 9.10. The zero-order valence-electron chi connectivity index (χ0n) is 11.1. The summed E-state index contributed by atoms with van der Waals surface area (Å²) in [7, 11) is 0. The maximum absolute atomic E-state index is 12.9. The van der Waals surface area contributed by atoms with Crippen LogP contribution in [0, 0.1) is 0 Å². The molecule has 0 spiro atoms. The van der Waals surface area contributed by atoms with Crippen LogP contribution < -0.4 is 5.69 Å². The Morgan fingerprint density at radius 1 is 0.955 bits per heavy atom. The van der Waals surface area contributed by atoms with Crippen LogP contribution in [0.1, 0.15) is 0 Å². The molecule has 2 aromatic carbocycles. The van der Waals surface area contributed by atoms with Gasteiger partial charge in [-0.05, 0) is 41.9 Å². The molecule has 0 saturated heterocycles. The van der Waals surface area contributed by atoms with Gasteiger partial charge in [-0.15, -0.1) is 10.2 Å². The number of benzene rings is 2. The van der Waals surface area contributed by atoms with Gasteiger partial charge in [0.25, 0.3) is 0 Å². The van der Waals surface area contributed by atoms with Crippen LogP contribution in [-0.4, -0.2) is 19.2 Å². The molecule has 22 heavy (non-hydrogen) atoms. The van der Waals surface area contributed by atoms with Gasteiger partial charge in [0.05, 0.1) is 11.2 Å². The largest absolute Gasteiger partial charge is 0.341 e. The van der Waals surface area contributed by atoms with Gasteiger partial charge >= 0.3 is 5.69 Å². The lowest BCUT2D eigenvalue weighted by Crippen LogP contribution is -2.26. The molecule has 0 radical (unpaired) electrons. The van der Waals surface area contributed by atoms with Crippen LogP contribution in [0.2, 0.25) is 10.3 Å². The van der Waals surface area contributed by atoms with E-state index in [0.29, 0.717) is 21.9 Å². The average Bonchev–Trinajstić information content (AvgIpc) is 2.91. The Balaban J connectivity index is 2.30. The van der Waals surface area contributed by atoms with Crippen LogP contribution in [0.4, 0.5) is 0 Å². The van der Waals surface area contributed by atoms with Crippen LogP contribution in [-0.2, 0) is 0 Å². The minimum Gasteiger partial charge on any atom is -0.261 e. The van der Waals surface area contributed by atoms with E-state index in [1.165, 1.54) is 4.40 Å². The molecule has 2 aromatic heterocycles. The molecule has 0 saturated carbocycles. The van der Waals surface area contributed by atoms with Gasteiger partial charge in [0.15, 0.2) is 5.65 Å². The van der Waals surface area contributed by atoms with E-state index >= 15 is 0 Å². The maximum Gasteiger partial charge on any atom is 0.341 e. The van der Waals surface area contributed by atoms with E-state index in [1.807, 2.05) is 30.3 Å². The molecule has 0 aliphatic carbocycles. The highest BCUT2D eigenvalue weighted by Gasteiger charge is 2.16. The fourth-order valence-electron chi connectivity index (χ4n) is 2.52. The molecule has 4 aromatic rings. The number of hydrogen-bond acceptors (Lipinski definition) is 3. The van der Waals surface area contributed by atoms with E-state index in [-0.39, 0.29) is 11.0 Å². The molecule has 108 valence electrons. The molecule has 0 bridgehead atoms. The van der Waals surface area contributed by atoms with Gasteiger partial charge in [-0.2, -0.15) is 0 Å². The number of hydrogen-bond donors (Lipinski definition) is 0. The van der Waals surface area contributed by atoms with Crippen molar-refractivity contribution in [3.63, 3.8) is 0 Å². The van der Waals surface area contributed by atoms with Crippen LogP contribution in [0.15, 0.2) is 53.3 Å². The van der Waals surface area contributed by atoms with Crippen molar-refractivity contribution in [2.24, 2.45) is 0 Å². The molecule has 0 unspecified atom stereocenters. The van der Waals surface area contributed by atoms with E-state index in [9.17, 15) is 4.79 Å². The van der Waals surface area contributed by atoms with Crippen LogP contribution in [0.25, 0.3) is 22.2 Å². The molecule has 0 N–H and O–H groups in total. The number of nitrogens with zero attached hydrogens (tertiary/aromatic N) is 4. The smallest absolute Gasteiger partial charge is 0.261 e. The number of rotatable bonds is 1. The molecular formula is C15H8Cl2N4O. The fraction of sp³-hybridized carbons (Fsp3) is 0. The van der Waals surface area contributed by atoms with Crippen molar-refractivity contribution in [1.82, 2.24) is 19.2 Å². The third-order valence-electron chi connectivity index (χ3n) is 3.46. The average molecular weight is 331 g/mol. The second-order valence-electron chi connectivity index (χ2n) is 4.74. The summed E-state index contributed by atoms with van der Waals surface area (Å²) in [6, 6.07) is 14.6. The van der Waals surface area contributed by atoms with E-state index in [2.05, 4.69) is 10.2 Å². The fourth-order valence-corrected chi connectivity index (χ4v) is 2.87. The molecule has 2 heterocycles. The zero-order valence-corrected chi connectivity index (χ0v) is 12.6. The molecule has 0 atom stereocenters. The Hall–Kier alpha value is -2.37. The van der Waals surface area contributed by atoms with Gasteiger partial charge in [0.1, 0.15) is 0 Å². The van der Waals surface area contributed by atoms with Gasteiger partial charge in [-0.1, -0.05) is 29.8 Å². The lowest BCUT2D eigenvalue weighted by atomic mass is 10.2. The first-order chi connectivity index (χ1) is 10.7. The molecule has 0 amide bonds. The van der Waals surface area contributed by atoms with E-state index < -0.39 is 0 Å². The molecule has 7 heteroatoms. The summed E-state index contributed by atoms with van der Waals surface area (Å²) in [6.07, 6.45) is 0. The normalized spacial score (nSPS) is 11.4. The lowest BCUT2D eigenvalue weighted by molar-refractivity contribution is 0.913. The van der Waals surface area contributed by atoms with Gasteiger partial charge in [-0.25, -0.2) is 9.20 Å². The molecule has 0 fully saturated rings. The topological polar surface area (TPSA) is 52.2 Å². The third-order valence-corrected chi connectivity index (χ3v) is 3.94. The predicted molar refractivity (Wildman–Crippen MR) is 86.1 cm³/mol. The van der Waals surface area contributed by atoms with E-state index in [0.717, 1.165) is 5.39 Å². The number of halogens is 2. The minimum absolute atomic E-state index is 0.0292. The quantitative estimate of drug-likeness (QED) is 0.537. The second kappa shape index (κ2) is 4.83. The van der Waals surface area contributed by atoms with Crippen molar-refractivity contribution in [3.05, 3.63) is 69.3 Å². The molecule has 5 nitrogen and oxygen atoms in total. The number of fused-ring (bicyclic) bond motifs is 3. The molecule has 0 aliphatic rings. The summed E-state index contributed by atoms with van der Waals surface area (Å²) in [5.41, 5.74) is 1.44. The van der Waals surface area contributed by atoms with Crippen molar-refractivity contribution >= 4 is 39.8 Å². The first kappa shape index (κ1) is 13.3. The Kier molecular flexibility index (Phi) is 2.92. The Bertz CT molecular complexity index is 1070. The van der Waals surface area contributed by atoms with Crippen LogP contribution in [0.5, 0.6) is 0 Å². The summed E-state index contributed by atoms with van der Waals surface area (Å²) >= 11 is 12.1. The summed E-state index contributed by atoms with van der Waals surface area (Å²) in [6.45, 7) is 0. The van der Waals surface area contributed by atoms with E-state index in [1.54, 1.807) is 22.8 Å². The highest BCUT2D eigenvalue weighted by Crippen LogP contribution is 2.24. The highest BCUT2D eigenvalue weighted by molar-refractivity contribution is 6.31. The first-order valence-electron chi connectivity index (χ1n) is 6.47. The molecular weight excluding hydrogens is 323 g/mol. The van der Waals surface area contributed by atoms with Gasteiger partial charge in [-0.3, -0.25) is 4.57 Å². The van der Waals surface area contributed by atoms with E-state index in [4.69, 9.17) is 23.2 Å². The van der Waals surface area contributed by atoms with Crippen LogP contribution >= 0.6 is 23.2 Å². The zero-order chi connectivity index (χ0) is 15.3. The number of para-hydroxylation sites is 1. The van der Waals surface area contributed by atoms with Crippen LogP contribution in [0.3, 0.4) is 0 Å². The second-order valence-corrected chi connectivity index (χ2v) is 5.52. The highest BCUT2D eigenvalue weighted by atomic mass is 35.5. The monoisotopic (exact) mass is 330 g/mol. The third kappa shape index (κ3) is 1.83. The summed E-state index contributed by atoms with van der Waals surface area (Å²) in [5.74, 6) is 0. The predicted octanol–water partition coefficient (Wildman–Crippen LogP) is 3.34. The van der Waals surface area contributed by atoms with Crippen molar-refractivity contribution < 1.29 is 0 Å². The first-order valence-corrected chi connectivity index (χ1v) is 7.23. The van der Waals surface area contributed by atoms with Crippen molar-refractivity contribution in [2.45, 2.75) is 0 Å². The summed E-state index contributed by atoms with van der Waals surface area (Å²) in [4.78, 5) is 12.9. The number of aromatic nitrogens is 4. The molecule has 4 rings (SSSR count). The maximum atomic E-state index is 12.9. The Morgan fingerprint density at radius 3 is 2.50 bits per heavy atom. The van der Waals surface area contributed by atoms with Gasteiger partial charge < -0.3 is 0 Å². The van der Waals surface area contributed by atoms with Crippen molar-refractivity contribution in [2.75, 3.05) is 0 Å². The van der Waals surface area contributed by atoms with Crippen molar-refractivity contribution in [1.29, 1.82) is 0 Å². The Morgan fingerprint density at radius 2 is 1.73 bits per heavy atom. The minimum atomic E-state index is -0.342. The Labute approximate surface area is 134 Å². The summed E-state index contributed by atoms with van der Waals surface area (Å²) < 4.78 is 2.83. The van der Waals surface area contributed by atoms with Gasteiger partial charge in [0.2, 0.25) is 5.28 Å². The standard InChI is InChI=1S/C15H8Cl2N4O/c16-9-6-7-11-12(8-9)20(10-4-2-1-3-5-10)15(22)21-13(11)18-19-14(21)17/h1-8H. The lowest BCUT2D eigenvalue weighted by Gasteiger charge is -2.11. The molecule has 0 aliphatic heterocycles. The van der Waals surface area contributed by atoms with Crippen molar-refractivity contribution in [3.8, 4) is 5.69 Å². The van der Waals surface area contributed by atoms with Gasteiger partial charge in [0, 0.05) is 10.4 Å².